The van der Waals surface area contributed by atoms with E-state index in [1.165, 1.54) is 0 Å². The molecule has 1 aromatic heterocycles. The predicted molar refractivity (Wildman–Crippen MR) is 82.4 cm³/mol. The third-order valence-electron chi connectivity index (χ3n) is 3.34. The quantitative estimate of drug-likeness (QED) is 0.844. The van der Waals surface area contributed by atoms with Crippen molar-refractivity contribution in [2.45, 2.75) is 20.4 Å². The molecule has 0 spiro atoms. The topological polar surface area (TPSA) is 72.9 Å². The second kappa shape index (κ2) is 5.66. The number of anilines is 1. The summed E-state index contributed by atoms with van der Waals surface area (Å²) in [6, 6.07) is 5.23. The molecule has 0 atom stereocenters. The number of nitrogens with one attached hydrogen (secondary N) is 1. The van der Waals surface area contributed by atoms with Crippen LogP contribution in [0.1, 0.15) is 27.3 Å². The van der Waals surface area contributed by atoms with Crippen molar-refractivity contribution in [2.24, 2.45) is 7.05 Å². The highest BCUT2D eigenvalue weighted by molar-refractivity contribution is 9.10. The van der Waals surface area contributed by atoms with Gasteiger partial charge in [0.1, 0.15) is 0 Å². The summed E-state index contributed by atoms with van der Waals surface area (Å²) in [6.07, 6.45) is 0. The highest BCUT2D eigenvalue weighted by Gasteiger charge is 2.13. The van der Waals surface area contributed by atoms with Crippen molar-refractivity contribution in [1.29, 1.82) is 0 Å². The average Bonchev–Trinajstić information content (AvgIpc) is 2.64. The monoisotopic (exact) mass is 336 g/mol. The number of benzene rings is 1. The molecule has 20 heavy (non-hydrogen) atoms. The molecule has 0 aliphatic carbocycles. The molecule has 0 radical (unpaired) electrons. The minimum atomic E-state index is -0.188. The summed E-state index contributed by atoms with van der Waals surface area (Å²) in [5, 5.41) is 7.21. The van der Waals surface area contributed by atoms with Gasteiger partial charge in [-0.1, -0.05) is 15.9 Å². The van der Waals surface area contributed by atoms with Crippen LogP contribution in [0.4, 0.5) is 5.69 Å². The van der Waals surface area contributed by atoms with E-state index < -0.39 is 0 Å². The van der Waals surface area contributed by atoms with Crippen molar-refractivity contribution >= 4 is 27.5 Å². The second-order valence-electron chi connectivity index (χ2n) is 4.69. The zero-order valence-electron chi connectivity index (χ0n) is 11.7. The Kier molecular flexibility index (Phi) is 4.13. The van der Waals surface area contributed by atoms with Crippen LogP contribution in [0.3, 0.4) is 0 Å². The molecule has 6 heteroatoms. The molecule has 0 saturated heterocycles. The Labute approximate surface area is 126 Å². The summed E-state index contributed by atoms with van der Waals surface area (Å²) in [7, 11) is 1.89. The molecule has 0 fully saturated rings. The average molecular weight is 337 g/mol. The third kappa shape index (κ3) is 2.85. The smallest absolute Gasteiger partial charge is 0.253 e. The number of hydrogen-bond acceptors (Lipinski definition) is 3. The van der Waals surface area contributed by atoms with Crippen molar-refractivity contribution in [3.05, 3.63) is 45.2 Å². The fraction of sp³-hybridized carbons (Fsp3) is 0.286. The second-order valence-corrected chi connectivity index (χ2v) is 5.60. The van der Waals surface area contributed by atoms with Crippen LogP contribution in [0.2, 0.25) is 0 Å². The Morgan fingerprint density at radius 2 is 2.15 bits per heavy atom. The molecule has 106 valence electrons. The number of nitrogens with zero attached hydrogens (tertiary/aromatic N) is 2. The lowest BCUT2D eigenvalue weighted by molar-refractivity contribution is 0.0951. The van der Waals surface area contributed by atoms with E-state index in [-0.39, 0.29) is 5.91 Å². The Balaban J connectivity index is 2.15. The Bertz CT molecular complexity index is 663. The van der Waals surface area contributed by atoms with Crippen LogP contribution in [0.25, 0.3) is 0 Å². The van der Waals surface area contributed by atoms with Crippen LogP contribution in [0, 0.1) is 13.8 Å². The lowest BCUT2D eigenvalue weighted by Crippen LogP contribution is -2.24. The number of rotatable bonds is 3. The first-order chi connectivity index (χ1) is 9.40. The summed E-state index contributed by atoms with van der Waals surface area (Å²) < 4.78 is 2.63. The van der Waals surface area contributed by atoms with Crippen LogP contribution in [0.15, 0.2) is 22.7 Å². The first-order valence-electron chi connectivity index (χ1n) is 6.22. The van der Waals surface area contributed by atoms with Crippen LogP contribution in [0.5, 0.6) is 0 Å². The van der Waals surface area contributed by atoms with Crippen LogP contribution in [-0.4, -0.2) is 15.7 Å². The molecular weight excluding hydrogens is 320 g/mol. The number of carbonyl (C=O) groups is 1. The summed E-state index contributed by atoms with van der Waals surface area (Å²) in [5.41, 5.74) is 9.77. The van der Waals surface area contributed by atoms with E-state index >= 15 is 0 Å². The van der Waals surface area contributed by atoms with Gasteiger partial charge in [-0.05, 0) is 32.0 Å². The third-order valence-corrected chi connectivity index (χ3v) is 3.84. The van der Waals surface area contributed by atoms with E-state index in [0.29, 0.717) is 17.8 Å². The Morgan fingerprint density at radius 1 is 1.45 bits per heavy atom. The molecule has 1 heterocycles. The lowest BCUT2D eigenvalue weighted by Gasteiger charge is -2.08. The maximum absolute atomic E-state index is 12.2. The molecule has 1 aromatic carbocycles. The van der Waals surface area contributed by atoms with Gasteiger partial charge >= 0.3 is 0 Å². The van der Waals surface area contributed by atoms with Gasteiger partial charge in [0.25, 0.3) is 5.91 Å². The zero-order chi connectivity index (χ0) is 14.9. The van der Waals surface area contributed by atoms with Gasteiger partial charge in [-0.3, -0.25) is 9.48 Å². The van der Waals surface area contributed by atoms with Crippen LogP contribution >= 0.6 is 15.9 Å². The highest BCUT2D eigenvalue weighted by atomic mass is 79.9. The molecular formula is C14H17BrN4O. The number of aryl methyl sites for hydroxylation is 2. The fourth-order valence-electron chi connectivity index (χ4n) is 2.06. The van der Waals surface area contributed by atoms with Crippen molar-refractivity contribution in [3.63, 3.8) is 0 Å². The number of hydrogen-bond donors (Lipinski definition) is 2. The molecule has 0 aliphatic rings. The molecule has 5 nitrogen and oxygen atoms in total. The largest absolute Gasteiger partial charge is 0.398 e. The minimum Gasteiger partial charge on any atom is -0.398 e. The number of nitrogen functional groups attached to an aromatic ring is 1. The number of carbonyl (C=O) groups excluding carboxylic acids is 1. The van der Waals surface area contributed by atoms with E-state index in [1.807, 2.05) is 31.6 Å². The van der Waals surface area contributed by atoms with Gasteiger partial charge in [-0.25, -0.2) is 0 Å². The van der Waals surface area contributed by atoms with E-state index in [9.17, 15) is 4.79 Å². The number of aromatic nitrogens is 2. The lowest BCUT2D eigenvalue weighted by atomic mass is 10.1. The van der Waals surface area contributed by atoms with Crippen molar-refractivity contribution < 1.29 is 4.79 Å². The van der Waals surface area contributed by atoms with E-state index in [4.69, 9.17) is 5.73 Å². The van der Waals surface area contributed by atoms with Crippen LogP contribution < -0.4 is 11.1 Å². The van der Waals surface area contributed by atoms with Crippen molar-refractivity contribution in [3.8, 4) is 0 Å². The predicted octanol–water partition coefficient (Wildman–Crippen LogP) is 2.31. The maximum Gasteiger partial charge on any atom is 0.253 e. The van der Waals surface area contributed by atoms with Gasteiger partial charge in [0, 0.05) is 35.0 Å². The normalized spacial score (nSPS) is 10.6. The molecule has 2 rings (SSSR count). The molecule has 0 unspecified atom stereocenters. The first kappa shape index (κ1) is 14.6. The first-order valence-corrected chi connectivity index (χ1v) is 7.01. The summed E-state index contributed by atoms with van der Waals surface area (Å²) in [6.45, 7) is 4.35. The number of amides is 1. The SMILES string of the molecule is Cc1nn(C)c(C)c1CNC(=O)c1cc(Br)ccc1N. The number of halogens is 1. The van der Waals surface area contributed by atoms with Crippen molar-refractivity contribution in [1.82, 2.24) is 15.1 Å². The van der Waals surface area contributed by atoms with E-state index in [2.05, 4.69) is 26.3 Å². The standard InChI is InChI=1S/C14H17BrN4O/c1-8-12(9(2)19(3)18-8)7-17-14(20)11-6-10(15)4-5-13(11)16/h4-6H,7,16H2,1-3H3,(H,17,20). The van der Waals surface area contributed by atoms with Gasteiger partial charge in [-0.2, -0.15) is 5.10 Å². The van der Waals surface area contributed by atoms with Crippen molar-refractivity contribution in [2.75, 3.05) is 5.73 Å². The summed E-state index contributed by atoms with van der Waals surface area (Å²) >= 11 is 3.34. The minimum absolute atomic E-state index is 0.188. The molecule has 0 saturated carbocycles. The zero-order valence-corrected chi connectivity index (χ0v) is 13.3. The fourth-order valence-corrected chi connectivity index (χ4v) is 2.42. The van der Waals surface area contributed by atoms with Crippen LogP contribution in [-0.2, 0) is 13.6 Å². The van der Waals surface area contributed by atoms with E-state index in [1.54, 1.807) is 12.1 Å². The Hall–Kier alpha value is -1.82. The van der Waals surface area contributed by atoms with Gasteiger partial charge in [0.2, 0.25) is 0 Å². The van der Waals surface area contributed by atoms with Gasteiger partial charge in [0.05, 0.1) is 11.3 Å². The Morgan fingerprint density at radius 3 is 2.75 bits per heavy atom. The molecule has 3 N–H and O–H groups in total. The summed E-state index contributed by atoms with van der Waals surface area (Å²) in [5.74, 6) is -0.188. The molecule has 0 bridgehead atoms. The maximum atomic E-state index is 12.2. The highest BCUT2D eigenvalue weighted by Crippen LogP contribution is 2.19. The molecule has 2 aromatic rings. The van der Waals surface area contributed by atoms with Gasteiger partial charge in [-0.15, -0.1) is 0 Å². The number of nitrogens with two attached hydrogens (primary N) is 1. The van der Waals surface area contributed by atoms with E-state index in [0.717, 1.165) is 21.4 Å². The van der Waals surface area contributed by atoms with Gasteiger partial charge < -0.3 is 11.1 Å². The summed E-state index contributed by atoms with van der Waals surface area (Å²) in [4.78, 5) is 12.2. The van der Waals surface area contributed by atoms with Gasteiger partial charge in [0.15, 0.2) is 0 Å². The molecule has 1 amide bonds. The molecule has 0 aliphatic heterocycles.